The third-order valence-corrected chi connectivity index (χ3v) is 5.20. The van der Waals surface area contributed by atoms with E-state index in [0.717, 1.165) is 24.9 Å². The molecule has 0 bridgehead atoms. The number of methoxy groups -OCH3 is 1. The van der Waals surface area contributed by atoms with Crippen molar-refractivity contribution in [2.75, 3.05) is 31.7 Å². The normalized spacial score (nSPS) is 17.1. The summed E-state index contributed by atoms with van der Waals surface area (Å²) >= 11 is 5.81. The second-order valence-corrected chi connectivity index (χ2v) is 7.68. The summed E-state index contributed by atoms with van der Waals surface area (Å²) in [7, 11) is 1.36. The SMILES string of the molecule is COC(=O)c1cccc(CN2CCCC(N=C(N)NC(=O)c3nc(Cl)c(N)nc3N)C2)c1. The minimum atomic E-state index is -0.676. The van der Waals surface area contributed by atoms with Gasteiger partial charge in [0.15, 0.2) is 28.4 Å². The molecular weight excluding hydrogens is 436 g/mol. The Morgan fingerprint density at radius 1 is 1.31 bits per heavy atom. The maximum atomic E-state index is 12.4. The van der Waals surface area contributed by atoms with Crippen LogP contribution in [0.25, 0.3) is 0 Å². The van der Waals surface area contributed by atoms with Gasteiger partial charge in [-0.15, -0.1) is 0 Å². The highest BCUT2D eigenvalue weighted by Gasteiger charge is 2.21. The average molecular weight is 461 g/mol. The van der Waals surface area contributed by atoms with Gasteiger partial charge < -0.3 is 21.9 Å². The molecule has 1 amide bonds. The lowest BCUT2D eigenvalue weighted by Crippen LogP contribution is -2.42. The maximum Gasteiger partial charge on any atom is 0.337 e. The van der Waals surface area contributed by atoms with E-state index in [-0.39, 0.29) is 40.5 Å². The van der Waals surface area contributed by atoms with Crippen molar-refractivity contribution in [1.29, 1.82) is 0 Å². The first-order valence-corrected chi connectivity index (χ1v) is 10.3. The van der Waals surface area contributed by atoms with Crippen molar-refractivity contribution in [2.45, 2.75) is 25.4 Å². The number of hydrogen-bond acceptors (Lipinski definition) is 9. The quantitative estimate of drug-likeness (QED) is 0.285. The van der Waals surface area contributed by atoms with Crippen LogP contribution in [0.1, 0.15) is 39.3 Å². The molecule has 11 nitrogen and oxygen atoms in total. The number of likely N-dealkylation sites (tertiary alicyclic amines) is 1. The van der Waals surface area contributed by atoms with E-state index >= 15 is 0 Å². The van der Waals surface area contributed by atoms with Crippen LogP contribution in [0.2, 0.25) is 5.15 Å². The van der Waals surface area contributed by atoms with Gasteiger partial charge in [0.05, 0.1) is 18.7 Å². The lowest BCUT2D eigenvalue weighted by Gasteiger charge is -2.31. The molecular formula is C20H25ClN8O3. The molecule has 170 valence electrons. The molecule has 1 aromatic carbocycles. The number of nitrogens with two attached hydrogens (primary N) is 3. The summed E-state index contributed by atoms with van der Waals surface area (Å²) in [6.07, 6.45) is 1.74. The van der Waals surface area contributed by atoms with E-state index in [4.69, 9.17) is 33.5 Å². The number of benzene rings is 1. The molecule has 0 spiro atoms. The molecule has 1 aliphatic rings. The smallest absolute Gasteiger partial charge is 0.337 e. The molecule has 12 heteroatoms. The standard InChI is InChI=1S/C20H25ClN8O3/c1-32-19(31)12-5-2-4-11(8-12)9-29-7-3-6-13(10-29)25-20(24)28-18(30)14-16(22)27-17(23)15(21)26-14/h2,4-5,8,13H,3,6-7,9-10H2,1H3,(H4,22,23,27)(H3,24,25,28,30). The van der Waals surface area contributed by atoms with Crippen LogP contribution in [0.5, 0.6) is 0 Å². The molecule has 0 radical (unpaired) electrons. The molecule has 1 aliphatic heterocycles. The fourth-order valence-corrected chi connectivity index (χ4v) is 3.59. The Kier molecular flexibility index (Phi) is 7.44. The first-order chi connectivity index (χ1) is 15.3. The molecule has 2 heterocycles. The van der Waals surface area contributed by atoms with Gasteiger partial charge in [0.1, 0.15) is 0 Å². The molecule has 1 saturated heterocycles. The Balaban J connectivity index is 1.62. The number of hydrogen-bond donors (Lipinski definition) is 4. The first-order valence-electron chi connectivity index (χ1n) is 9.89. The van der Waals surface area contributed by atoms with E-state index in [0.29, 0.717) is 18.7 Å². The lowest BCUT2D eigenvalue weighted by molar-refractivity contribution is 0.0600. The number of anilines is 2. The van der Waals surface area contributed by atoms with E-state index in [9.17, 15) is 9.59 Å². The number of carbonyl (C=O) groups excluding carboxylic acids is 2. The highest BCUT2D eigenvalue weighted by Crippen LogP contribution is 2.18. The third kappa shape index (κ3) is 5.83. The lowest BCUT2D eigenvalue weighted by atomic mass is 10.0. The van der Waals surface area contributed by atoms with Crippen molar-refractivity contribution < 1.29 is 14.3 Å². The Bertz CT molecular complexity index is 1050. The van der Waals surface area contributed by atoms with E-state index in [1.165, 1.54) is 7.11 Å². The Morgan fingerprint density at radius 2 is 2.09 bits per heavy atom. The molecule has 2 aromatic rings. The van der Waals surface area contributed by atoms with Crippen LogP contribution in [-0.4, -0.2) is 58.9 Å². The first kappa shape index (κ1) is 23.2. The molecule has 0 saturated carbocycles. The van der Waals surface area contributed by atoms with Crippen molar-refractivity contribution in [3.8, 4) is 0 Å². The summed E-state index contributed by atoms with van der Waals surface area (Å²) < 4.78 is 4.78. The summed E-state index contributed by atoms with van der Waals surface area (Å²) in [6.45, 7) is 2.19. The zero-order valence-corrected chi connectivity index (χ0v) is 18.3. The van der Waals surface area contributed by atoms with E-state index in [2.05, 4.69) is 25.2 Å². The van der Waals surface area contributed by atoms with Crippen LogP contribution in [0, 0.1) is 0 Å². The van der Waals surface area contributed by atoms with Gasteiger partial charge in [-0.3, -0.25) is 15.0 Å². The minimum Gasteiger partial charge on any atom is -0.465 e. The number of nitrogens with one attached hydrogen (secondary N) is 1. The Morgan fingerprint density at radius 3 is 2.84 bits per heavy atom. The number of halogens is 1. The van der Waals surface area contributed by atoms with E-state index < -0.39 is 5.91 Å². The molecule has 3 rings (SSSR count). The van der Waals surface area contributed by atoms with Crippen molar-refractivity contribution in [3.05, 3.63) is 46.2 Å². The van der Waals surface area contributed by atoms with Crippen molar-refractivity contribution in [1.82, 2.24) is 20.2 Å². The minimum absolute atomic E-state index is 0.0521. The highest BCUT2D eigenvalue weighted by atomic mass is 35.5. The summed E-state index contributed by atoms with van der Waals surface area (Å²) in [6, 6.07) is 7.21. The Hall–Kier alpha value is -3.44. The van der Waals surface area contributed by atoms with Crippen LogP contribution in [-0.2, 0) is 11.3 Å². The van der Waals surface area contributed by atoms with Gasteiger partial charge in [0.2, 0.25) is 0 Å². The van der Waals surface area contributed by atoms with E-state index in [1.807, 2.05) is 18.2 Å². The van der Waals surface area contributed by atoms with Gasteiger partial charge in [-0.25, -0.2) is 19.8 Å². The van der Waals surface area contributed by atoms with Gasteiger partial charge in [-0.05, 0) is 37.1 Å². The number of guanidine groups is 1. The summed E-state index contributed by atoms with van der Waals surface area (Å²) in [5, 5.41) is 2.33. The number of esters is 1. The van der Waals surface area contributed by atoms with Gasteiger partial charge >= 0.3 is 5.97 Å². The topological polar surface area (TPSA) is 175 Å². The molecule has 32 heavy (non-hydrogen) atoms. The molecule has 1 aromatic heterocycles. The number of rotatable bonds is 5. The van der Waals surface area contributed by atoms with E-state index in [1.54, 1.807) is 6.07 Å². The maximum absolute atomic E-state index is 12.4. The van der Waals surface area contributed by atoms with Crippen LogP contribution >= 0.6 is 11.6 Å². The summed E-state index contributed by atoms with van der Waals surface area (Å²) in [5.41, 5.74) is 18.5. The monoisotopic (exact) mass is 460 g/mol. The highest BCUT2D eigenvalue weighted by molar-refractivity contribution is 6.31. The molecule has 1 fully saturated rings. The Labute approximate surface area is 190 Å². The fourth-order valence-electron chi connectivity index (χ4n) is 3.47. The molecule has 0 aliphatic carbocycles. The van der Waals surface area contributed by atoms with Crippen molar-refractivity contribution >= 4 is 41.1 Å². The fraction of sp³-hybridized carbons (Fsp3) is 0.350. The number of aromatic nitrogens is 2. The predicted octanol–water partition coefficient (Wildman–Crippen LogP) is 0.790. The summed E-state index contributed by atoms with van der Waals surface area (Å²) in [4.78, 5) is 38.4. The zero-order chi connectivity index (χ0) is 23.3. The predicted molar refractivity (Wildman–Crippen MR) is 121 cm³/mol. The molecule has 1 unspecified atom stereocenters. The number of aliphatic imine (C=N–C) groups is 1. The number of nitrogen functional groups attached to an aromatic ring is 2. The van der Waals surface area contributed by atoms with Gasteiger partial charge in [0, 0.05) is 13.1 Å². The number of amides is 1. The number of ether oxygens (including phenoxy) is 1. The van der Waals surface area contributed by atoms with Crippen molar-refractivity contribution in [2.24, 2.45) is 10.7 Å². The molecule has 1 atom stereocenters. The van der Waals surface area contributed by atoms with Gasteiger partial charge in [-0.2, -0.15) is 0 Å². The number of piperidine rings is 1. The number of nitrogens with zero attached hydrogens (tertiary/aromatic N) is 4. The zero-order valence-electron chi connectivity index (χ0n) is 17.5. The molecule has 7 N–H and O–H groups in total. The van der Waals surface area contributed by atoms with Crippen LogP contribution in [0.3, 0.4) is 0 Å². The van der Waals surface area contributed by atoms with Crippen LogP contribution in [0.15, 0.2) is 29.3 Å². The third-order valence-electron chi connectivity index (χ3n) is 4.92. The van der Waals surface area contributed by atoms with Crippen molar-refractivity contribution in [3.63, 3.8) is 0 Å². The van der Waals surface area contributed by atoms with Crippen LogP contribution in [0.4, 0.5) is 11.6 Å². The summed E-state index contributed by atoms with van der Waals surface area (Å²) in [5.74, 6) is -1.32. The number of carbonyl (C=O) groups is 2. The average Bonchev–Trinajstić information content (AvgIpc) is 2.76. The van der Waals surface area contributed by atoms with Crippen LogP contribution < -0.4 is 22.5 Å². The second-order valence-electron chi connectivity index (χ2n) is 7.33. The largest absolute Gasteiger partial charge is 0.465 e. The second kappa shape index (κ2) is 10.2. The van der Waals surface area contributed by atoms with Gasteiger partial charge in [0.25, 0.3) is 5.91 Å². The van der Waals surface area contributed by atoms with Gasteiger partial charge in [-0.1, -0.05) is 23.7 Å².